The Hall–Kier alpha value is -2.60. The van der Waals surface area contributed by atoms with Gasteiger partial charge in [-0.1, -0.05) is 42.5 Å². The van der Waals surface area contributed by atoms with Crippen molar-refractivity contribution >= 4 is 22.8 Å². The van der Waals surface area contributed by atoms with Crippen molar-refractivity contribution in [2.75, 3.05) is 19.8 Å². The Bertz CT molecular complexity index is 869. The van der Waals surface area contributed by atoms with E-state index in [4.69, 9.17) is 9.47 Å². The Morgan fingerprint density at radius 3 is 2.69 bits per heavy atom. The second-order valence-electron chi connectivity index (χ2n) is 8.46. The Morgan fingerprint density at radius 2 is 1.93 bits per heavy atom. The Labute approximate surface area is 172 Å². The first-order valence-corrected chi connectivity index (χ1v) is 10.1. The molecule has 0 aromatic heterocycles. The third kappa shape index (κ3) is 5.48. The van der Waals surface area contributed by atoms with Gasteiger partial charge in [-0.05, 0) is 44.0 Å². The van der Waals surface area contributed by atoms with Crippen LogP contribution < -0.4 is 5.32 Å². The summed E-state index contributed by atoms with van der Waals surface area (Å²) in [5, 5.41) is 5.34. The molecule has 1 fully saturated rings. The molecular formula is C23H30N2O4. The normalized spacial score (nSPS) is 18.3. The molecule has 1 aliphatic rings. The fourth-order valence-corrected chi connectivity index (χ4v) is 3.61. The standard InChI is InChI=1S/C23H30N2O4/c1-16(19-11-7-9-17-8-5-6-10-20(17)19)24-21(26)14-18-15-28-13-12-25(18)22(27)29-23(2,3)4/h5-11,16,18H,12-15H2,1-4H3,(H,24,26)/t16-,18?/m1/s1. The minimum Gasteiger partial charge on any atom is -0.444 e. The van der Waals surface area contributed by atoms with Crippen LogP contribution in [-0.2, 0) is 14.3 Å². The lowest BCUT2D eigenvalue weighted by Crippen LogP contribution is -2.52. The maximum atomic E-state index is 12.7. The van der Waals surface area contributed by atoms with Crippen LogP contribution in [0, 0.1) is 0 Å². The molecule has 1 saturated heterocycles. The van der Waals surface area contributed by atoms with Gasteiger partial charge in [0, 0.05) is 13.0 Å². The molecule has 1 heterocycles. The van der Waals surface area contributed by atoms with Gasteiger partial charge < -0.3 is 19.7 Å². The van der Waals surface area contributed by atoms with Crippen LogP contribution in [0.3, 0.4) is 0 Å². The second-order valence-corrected chi connectivity index (χ2v) is 8.46. The van der Waals surface area contributed by atoms with Gasteiger partial charge in [-0.3, -0.25) is 4.79 Å². The van der Waals surface area contributed by atoms with Crippen molar-refractivity contribution in [2.24, 2.45) is 0 Å². The van der Waals surface area contributed by atoms with Crippen LogP contribution >= 0.6 is 0 Å². The number of hydrogen-bond donors (Lipinski definition) is 1. The average Bonchev–Trinajstić information content (AvgIpc) is 2.66. The predicted octanol–water partition coefficient (Wildman–Crippen LogP) is 4.04. The van der Waals surface area contributed by atoms with E-state index < -0.39 is 11.7 Å². The molecule has 2 aromatic carbocycles. The summed E-state index contributed by atoms with van der Waals surface area (Å²) < 4.78 is 11.0. The van der Waals surface area contributed by atoms with E-state index in [1.165, 1.54) is 0 Å². The van der Waals surface area contributed by atoms with Crippen LogP contribution in [0.25, 0.3) is 10.8 Å². The SMILES string of the molecule is C[C@@H](NC(=O)CC1COCCN1C(=O)OC(C)(C)C)c1cccc2ccccc12. The van der Waals surface area contributed by atoms with E-state index in [2.05, 4.69) is 23.5 Å². The zero-order valence-corrected chi connectivity index (χ0v) is 17.6. The van der Waals surface area contributed by atoms with Crippen molar-refractivity contribution in [1.29, 1.82) is 0 Å². The number of benzene rings is 2. The lowest BCUT2D eigenvalue weighted by molar-refractivity contribution is -0.124. The molecule has 1 unspecified atom stereocenters. The molecule has 2 amide bonds. The first kappa shape index (κ1) is 21.1. The van der Waals surface area contributed by atoms with Crippen LogP contribution in [0.1, 0.15) is 45.7 Å². The minimum atomic E-state index is -0.578. The van der Waals surface area contributed by atoms with Gasteiger partial charge in [0.25, 0.3) is 0 Å². The lowest BCUT2D eigenvalue weighted by atomic mass is 9.99. The van der Waals surface area contributed by atoms with Crippen LogP contribution in [0.2, 0.25) is 0 Å². The molecule has 1 N–H and O–H groups in total. The minimum absolute atomic E-state index is 0.116. The van der Waals surface area contributed by atoms with E-state index in [0.717, 1.165) is 16.3 Å². The van der Waals surface area contributed by atoms with Gasteiger partial charge in [0.15, 0.2) is 0 Å². The quantitative estimate of drug-likeness (QED) is 0.844. The number of fused-ring (bicyclic) bond motifs is 1. The van der Waals surface area contributed by atoms with E-state index in [1.807, 2.05) is 52.0 Å². The zero-order chi connectivity index (χ0) is 21.0. The molecule has 3 rings (SSSR count). The molecule has 6 heteroatoms. The van der Waals surface area contributed by atoms with E-state index in [1.54, 1.807) is 4.90 Å². The van der Waals surface area contributed by atoms with Crippen LogP contribution in [0.15, 0.2) is 42.5 Å². The van der Waals surface area contributed by atoms with Crippen molar-refractivity contribution in [3.63, 3.8) is 0 Å². The maximum absolute atomic E-state index is 12.7. The molecule has 6 nitrogen and oxygen atoms in total. The number of amides is 2. The summed E-state index contributed by atoms with van der Waals surface area (Å²) in [6.07, 6.45) is -0.227. The number of carbonyl (C=O) groups is 2. The summed E-state index contributed by atoms with van der Waals surface area (Å²) in [7, 11) is 0. The van der Waals surface area contributed by atoms with Gasteiger partial charge in [0.1, 0.15) is 5.60 Å². The van der Waals surface area contributed by atoms with Crippen molar-refractivity contribution in [2.45, 2.75) is 51.8 Å². The number of nitrogens with zero attached hydrogens (tertiary/aromatic N) is 1. The number of nitrogens with one attached hydrogen (secondary N) is 1. The summed E-state index contributed by atoms with van der Waals surface area (Å²) in [5.41, 5.74) is 0.491. The van der Waals surface area contributed by atoms with Gasteiger partial charge in [-0.25, -0.2) is 4.79 Å². The van der Waals surface area contributed by atoms with E-state index in [-0.39, 0.29) is 24.4 Å². The van der Waals surface area contributed by atoms with Crippen LogP contribution in [-0.4, -0.2) is 48.3 Å². The molecular weight excluding hydrogens is 368 g/mol. The first-order valence-electron chi connectivity index (χ1n) is 10.1. The van der Waals surface area contributed by atoms with Crippen molar-refractivity contribution in [3.05, 3.63) is 48.0 Å². The van der Waals surface area contributed by atoms with Gasteiger partial charge in [-0.2, -0.15) is 0 Å². The van der Waals surface area contributed by atoms with Crippen molar-refractivity contribution < 1.29 is 19.1 Å². The van der Waals surface area contributed by atoms with Crippen LogP contribution in [0.4, 0.5) is 4.79 Å². The molecule has 0 bridgehead atoms. The molecule has 0 radical (unpaired) electrons. The molecule has 2 aromatic rings. The Morgan fingerprint density at radius 1 is 1.21 bits per heavy atom. The topological polar surface area (TPSA) is 67.9 Å². The number of ether oxygens (including phenoxy) is 2. The Kier molecular flexibility index (Phi) is 6.42. The highest BCUT2D eigenvalue weighted by Crippen LogP contribution is 2.24. The zero-order valence-electron chi connectivity index (χ0n) is 17.6. The summed E-state index contributed by atoms with van der Waals surface area (Å²) in [6, 6.07) is 13.7. The number of morpholine rings is 1. The van der Waals surface area contributed by atoms with Gasteiger partial charge in [-0.15, -0.1) is 0 Å². The van der Waals surface area contributed by atoms with Gasteiger partial charge in [0.2, 0.25) is 5.91 Å². The molecule has 0 saturated carbocycles. The number of hydrogen-bond acceptors (Lipinski definition) is 4. The highest BCUT2D eigenvalue weighted by atomic mass is 16.6. The average molecular weight is 399 g/mol. The summed E-state index contributed by atoms with van der Waals surface area (Å²) >= 11 is 0. The fraction of sp³-hybridized carbons (Fsp3) is 0.478. The fourth-order valence-electron chi connectivity index (χ4n) is 3.61. The third-order valence-electron chi connectivity index (χ3n) is 4.94. The molecule has 0 spiro atoms. The number of rotatable bonds is 4. The molecule has 0 aliphatic carbocycles. The molecule has 156 valence electrons. The van der Waals surface area contributed by atoms with E-state index in [0.29, 0.717) is 19.8 Å². The van der Waals surface area contributed by atoms with Crippen molar-refractivity contribution in [1.82, 2.24) is 10.2 Å². The van der Waals surface area contributed by atoms with Crippen molar-refractivity contribution in [3.8, 4) is 0 Å². The molecule has 1 aliphatic heterocycles. The smallest absolute Gasteiger partial charge is 0.410 e. The molecule has 2 atom stereocenters. The van der Waals surface area contributed by atoms with Gasteiger partial charge in [0.05, 0.1) is 25.3 Å². The summed E-state index contributed by atoms with van der Waals surface area (Å²) in [6.45, 7) is 8.67. The van der Waals surface area contributed by atoms with E-state index >= 15 is 0 Å². The van der Waals surface area contributed by atoms with E-state index in [9.17, 15) is 9.59 Å². The monoisotopic (exact) mass is 398 g/mol. The molecule has 29 heavy (non-hydrogen) atoms. The summed E-state index contributed by atoms with van der Waals surface area (Å²) in [5.74, 6) is -0.116. The predicted molar refractivity (Wildman–Crippen MR) is 113 cm³/mol. The summed E-state index contributed by atoms with van der Waals surface area (Å²) in [4.78, 5) is 26.9. The second kappa shape index (κ2) is 8.82. The highest BCUT2D eigenvalue weighted by molar-refractivity contribution is 5.87. The number of carbonyl (C=O) groups excluding carboxylic acids is 2. The lowest BCUT2D eigenvalue weighted by Gasteiger charge is -2.36. The third-order valence-corrected chi connectivity index (χ3v) is 4.94. The highest BCUT2D eigenvalue weighted by Gasteiger charge is 2.32. The first-order chi connectivity index (χ1) is 13.7. The van der Waals surface area contributed by atoms with Gasteiger partial charge >= 0.3 is 6.09 Å². The Balaban J connectivity index is 1.66. The largest absolute Gasteiger partial charge is 0.444 e. The van der Waals surface area contributed by atoms with Crippen LogP contribution in [0.5, 0.6) is 0 Å². The maximum Gasteiger partial charge on any atom is 0.410 e.